The van der Waals surface area contributed by atoms with E-state index in [0.717, 1.165) is 0 Å². The maximum atomic E-state index is 0. The van der Waals surface area contributed by atoms with Gasteiger partial charge in [0.1, 0.15) is 0 Å². The molecule has 0 rings (SSSR count). The molecule has 0 amide bonds. The van der Waals surface area contributed by atoms with Gasteiger partial charge in [-0.25, -0.2) is 0 Å². The first-order chi connectivity index (χ1) is 0. The SMILES string of the molecule is [Br-].[Br-].[Br-].[Br-].[Br-].[Li+].[Tl+].[Y+3]. The molecule has 0 heterocycles. The number of rotatable bonds is 0. The molecule has 0 aromatic carbocycles. The van der Waals surface area contributed by atoms with Crippen molar-refractivity contribution in [3.63, 3.8) is 0 Å². The zero-order valence-corrected chi connectivity index (χ0v) is 19.3. The molecule has 0 atom stereocenters. The number of hydrogen-bond donors (Lipinski definition) is 0. The van der Waals surface area contributed by atoms with Gasteiger partial charge in [-0.2, -0.15) is 0 Å². The maximum Gasteiger partial charge on any atom is 3.00 e. The molecule has 0 unspecified atom stereocenters. The van der Waals surface area contributed by atoms with Crippen molar-refractivity contribution in [1.82, 2.24) is 0 Å². The third kappa shape index (κ3) is 43.9. The van der Waals surface area contributed by atoms with E-state index in [1.54, 1.807) is 0 Å². The van der Waals surface area contributed by atoms with Crippen LogP contribution in [0.5, 0.6) is 0 Å². The molecule has 0 fully saturated rings. The third-order valence-electron chi connectivity index (χ3n) is 0. The van der Waals surface area contributed by atoms with Crippen molar-refractivity contribution in [3.8, 4) is 0 Å². The van der Waals surface area contributed by atoms with Crippen LogP contribution in [0.1, 0.15) is 0 Å². The summed E-state index contributed by atoms with van der Waals surface area (Å²) in [6.07, 6.45) is 0. The fourth-order valence-electron chi connectivity index (χ4n) is 0. The average molecular weight is 700 g/mol. The smallest absolute Gasteiger partial charge is 1.00 e. The molecule has 42 valence electrons. The topological polar surface area (TPSA) is 0 Å². The summed E-state index contributed by atoms with van der Waals surface area (Å²) in [6, 6.07) is 0. The van der Waals surface area contributed by atoms with Crippen LogP contribution in [0.3, 0.4) is 0 Å². The Bertz CT molecular complexity index is 12.4. The number of halogens is 5. The quantitative estimate of drug-likeness (QED) is 0.221. The van der Waals surface area contributed by atoms with Crippen molar-refractivity contribution in [2.45, 2.75) is 0 Å². The summed E-state index contributed by atoms with van der Waals surface area (Å²) in [5.74, 6) is 0. The van der Waals surface area contributed by atoms with Gasteiger partial charge in [0.05, 0.1) is 0 Å². The third-order valence-corrected chi connectivity index (χ3v) is 0. The summed E-state index contributed by atoms with van der Waals surface area (Å²) < 4.78 is 0. The second kappa shape index (κ2) is 57.9. The van der Waals surface area contributed by atoms with Crippen LogP contribution in [-0.2, 0) is 32.7 Å². The molecule has 0 N–H and O–H groups in total. The minimum atomic E-state index is 0. The maximum absolute atomic E-state index is 0. The monoisotopic (exact) mass is 695 g/mol. The van der Waals surface area contributed by atoms with Gasteiger partial charge < -0.3 is 84.9 Å². The minimum Gasteiger partial charge on any atom is -1.00 e. The van der Waals surface area contributed by atoms with Crippen LogP contribution in [0.15, 0.2) is 0 Å². The van der Waals surface area contributed by atoms with E-state index in [9.17, 15) is 0 Å². The van der Waals surface area contributed by atoms with Crippen LogP contribution >= 0.6 is 0 Å². The van der Waals surface area contributed by atoms with E-state index in [0.29, 0.717) is 0 Å². The van der Waals surface area contributed by atoms with Crippen molar-refractivity contribution < 1.29 is 136 Å². The molecule has 0 aliphatic heterocycles. The molecular formula is Br5LiTlY. The molecule has 0 aromatic heterocycles. The van der Waals surface area contributed by atoms with Gasteiger partial charge in [-0.15, -0.1) is 0 Å². The molecule has 0 radical (unpaired) electrons. The van der Waals surface area contributed by atoms with Crippen LogP contribution < -0.4 is 104 Å². The van der Waals surface area contributed by atoms with E-state index in [-0.39, 0.29) is 164 Å². The van der Waals surface area contributed by atoms with E-state index < -0.39 is 0 Å². The molecule has 0 saturated heterocycles. The van der Waals surface area contributed by atoms with Crippen molar-refractivity contribution >= 4 is 27.3 Å². The van der Waals surface area contributed by atoms with E-state index in [2.05, 4.69) is 0 Å². The minimum absolute atomic E-state index is 0. The molecule has 0 aromatic rings. The summed E-state index contributed by atoms with van der Waals surface area (Å²) in [7, 11) is 0. The van der Waals surface area contributed by atoms with Gasteiger partial charge in [-0.05, 0) is 0 Å². The molecular weight excluding hydrogens is 700 g/mol. The summed E-state index contributed by atoms with van der Waals surface area (Å²) >= 11 is 0. The van der Waals surface area contributed by atoms with Gasteiger partial charge in [0.15, 0.2) is 0 Å². The molecule has 0 bridgehead atoms. The fraction of sp³-hybridized carbons (Fsp3) is 0. The normalized spacial score (nSPS) is 0. The van der Waals surface area contributed by atoms with Crippen LogP contribution in [0.2, 0.25) is 0 Å². The Morgan fingerprint density at radius 2 is 0.500 bits per heavy atom. The van der Waals surface area contributed by atoms with Gasteiger partial charge in [-0.1, -0.05) is 0 Å². The zero-order valence-electron chi connectivity index (χ0n) is 4.04. The van der Waals surface area contributed by atoms with Gasteiger partial charge >= 0.3 is 78.9 Å². The van der Waals surface area contributed by atoms with Crippen molar-refractivity contribution in [1.29, 1.82) is 0 Å². The summed E-state index contributed by atoms with van der Waals surface area (Å²) in [5, 5.41) is 0. The molecule has 0 spiro atoms. The second-order valence-corrected chi connectivity index (χ2v) is 0. The first-order valence-electron chi connectivity index (χ1n) is 0. The Labute approximate surface area is 160 Å². The second-order valence-electron chi connectivity index (χ2n) is 0. The predicted octanol–water partition coefficient (Wildman–Crippen LogP) is -18.4. The van der Waals surface area contributed by atoms with Crippen molar-refractivity contribution in [3.05, 3.63) is 0 Å². The standard InChI is InChI=1S/5BrH.Li.Tl.Y/h5*1H;;;/q;;;;;2*+1;+3/p-5. The Morgan fingerprint density at radius 3 is 0.500 bits per heavy atom. The van der Waals surface area contributed by atoms with Crippen LogP contribution in [0.25, 0.3) is 0 Å². The van der Waals surface area contributed by atoms with E-state index in [4.69, 9.17) is 0 Å². The molecule has 8 heavy (non-hydrogen) atoms. The van der Waals surface area contributed by atoms with Crippen molar-refractivity contribution in [2.75, 3.05) is 0 Å². The first-order valence-corrected chi connectivity index (χ1v) is 0. The van der Waals surface area contributed by atoms with Gasteiger partial charge in [0.25, 0.3) is 0 Å². The molecule has 8 heteroatoms. The fourth-order valence-corrected chi connectivity index (χ4v) is 0. The Balaban J connectivity index is 0. The zero-order chi connectivity index (χ0) is 0. The number of hydrogen-bond acceptors (Lipinski definition) is 0. The Kier molecular flexibility index (Phi) is 540. The van der Waals surface area contributed by atoms with E-state index in [1.165, 1.54) is 0 Å². The summed E-state index contributed by atoms with van der Waals surface area (Å²) in [6.45, 7) is 0. The van der Waals surface area contributed by atoms with Gasteiger partial charge in [0.2, 0.25) is 0 Å². The van der Waals surface area contributed by atoms with Crippen molar-refractivity contribution in [2.24, 2.45) is 0 Å². The van der Waals surface area contributed by atoms with Crippen LogP contribution in [-0.4, -0.2) is 27.3 Å². The van der Waals surface area contributed by atoms with Gasteiger partial charge in [-0.3, -0.25) is 0 Å². The van der Waals surface area contributed by atoms with Crippen LogP contribution in [0, 0.1) is 0 Å². The Morgan fingerprint density at radius 1 is 0.500 bits per heavy atom. The van der Waals surface area contributed by atoms with Gasteiger partial charge in [0, 0.05) is 0 Å². The average Bonchev–Trinajstić information content (AvgIpc) is 0. The summed E-state index contributed by atoms with van der Waals surface area (Å²) in [5.41, 5.74) is 0. The van der Waals surface area contributed by atoms with E-state index in [1.807, 2.05) is 0 Å². The predicted molar refractivity (Wildman–Crippen MR) is 5.75 cm³/mol. The largest absolute Gasteiger partial charge is 3.00 e. The molecule has 0 aliphatic carbocycles. The Hall–Kier alpha value is 5.02. The van der Waals surface area contributed by atoms with E-state index >= 15 is 0 Å². The molecule has 0 saturated carbocycles. The van der Waals surface area contributed by atoms with Crippen LogP contribution in [0.4, 0.5) is 0 Å². The molecule has 0 nitrogen and oxygen atoms in total. The summed E-state index contributed by atoms with van der Waals surface area (Å²) in [4.78, 5) is 0. The first kappa shape index (κ1) is 74.6. The molecule has 0 aliphatic rings.